The first-order valence-corrected chi connectivity index (χ1v) is 7.55. The molecule has 0 aromatic carbocycles. The Balaban J connectivity index is 1.91. The Labute approximate surface area is 115 Å². The van der Waals surface area contributed by atoms with Gasteiger partial charge in [0.1, 0.15) is 0 Å². The van der Waals surface area contributed by atoms with Crippen LogP contribution in [0.25, 0.3) is 0 Å². The van der Waals surface area contributed by atoms with Gasteiger partial charge in [0.25, 0.3) is 0 Å². The quantitative estimate of drug-likeness (QED) is 0.883. The molecule has 3 rings (SSSR count). The number of nitrogens with two attached hydrogens (primary N) is 1. The fourth-order valence-corrected chi connectivity index (χ4v) is 3.88. The first-order chi connectivity index (χ1) is 9.19. The molecule has 2 N–H and O–H groups in total. The van der Waals surface area contributed by atoms with E-state index in [1.165, 1.54) is 43.6 Å². The van der Waals surface area contributed by atoms with E-state index < -0.39 is 0 Å². The van der Waals surface area contributed by atoms with Crippen LogP contribution in [0.2, 0.25) is 0 Å². The number of aromatic nitrogens is 2. The zero-order chi connectivity index (χ0) is 13.4. The van der Waals surface area contributed by atoms with Crippen LogP contribution in [-0.2, 0) is 12.8 Å². The molecule has 2 heterocycles. The van der Waals surface area contributed by atoms with Crippen LogP contribution in [0.1, 0.15) is 43.1 Å². The van der Waals surface area contributed by atoms with Gasteiger partial charge in [0.2, 0.25) is 5.95 Å². The van der Waals surface area contributed by atoms with Gasteiger partial charge in [-0.1, -0.05) is 6.92 Å². The number of fused-ring (bicyclic) bond motifs is 2. The average molecular weight is 260 g/mol. The summed E-state index contributed by atoms with van der Waals surface area (Å²) in [6, 6.07) is 0.701. The van der Waals surface area contributed by atoms with Crippen molar-refractivity contribution in [3.8, 4) is 0 Å². The van der Waals surface area contributed by atoms with E-state index in [-0.39, 0.29) is 0 Å². The lowest BCUT2D eigenvalue weighted by molar-refractivity contribution is 0.0843. The predicted molar refractivity (Wildman–Crippen MR) is 77.0 cm³/mol. The van der Waals surface area contributed by atoms with Crippen LogP contribution in [0.4, 0.5) is 5.95 Å². The molecule has 1 aromatic rings. The second kappa shape index (κ2) is 5.08. The summed E-state index contributed by atoms with van der Waals surface area (Å²) >= 11 is 0. The third kappa shape index (κ3) is 2.34. The van der Waals surface area contributed by atoms with Crippen LogP contribution in [0.5, 0.6) is 0 Å². The fourth-order valence-electron chi connectivity index (χ4n) is 3.88. The molecule has 0 bridgehead atoms. The number of nitrogens with zero attached hydrogens (tertiary/aromatic N) is 3. The summed E-state index contributed by atoms with van der Waals surface area (Å²) in [6.45, 7) is 6.84. The predicted octanol–water partition coefficient (Wildman–Crippen LogP) is 1.96. The Bertz CT molecular complexity index is 469. The fraction of sp³-hybridized carbons (Fsp3) is 0.733. The maximum Gasteiger partial charge on any atom is 0.220 e. The molecular formula is C15H24N4. The van der Waals surface area contributed by atoms with Crippen molar-refractivity contribution in [2.45, 2.75) is 52.0 Å². The van der Waals surface area contributed by atoms with E-state index in [1.54, 1.807) is 0 Å². The van der Waals surface area contributed by atoms with Gasteiger partial charge in [0, 0.05) is 17.4 Å². The van der Waals surface area contributed by atoms with Crippen molar-refractivity contribution in [1.82, 2.24) is 14.9 Å². The minimum Gasteiger partial charge on any atom is -0.368 e. The lowest BCUT2D eigenvalue weighted by Crippen LogP contribution is -2.49. The van der Waals surface area contributed by atoms with Gasteiger partial charge < -0.3 is 5.73 Å². The van der Waals surface area contributed by atoms with Gasteiger partial charge >= 0.3 is 0 Å². The smallest absolute Gasteiger partial charge is 0.220 e. The average Bonchev–Trinajstić information content (AvgIpc) is 2.37. The number of hydrogen-bond donors (Lipinski definition) is 1. The van der Waals surface area contributed by atoms with Crippen molar-refractivity contribution in [3.63, 3.8) is 0 Å². The summed E-state index contributed by atoms with van der Waals surface area (Å²) in [7, 11) is 0. The van der Waals surface area contributed by atoms with Crippen LogP contribution in [0.3, 0.4) is 0 Å². The third-order valence-corrected chi connectivity index (χ3v) is 4.73. The van der Waals surface area contributed by atoms with Crippen molar-refractivity contribution in [2.75, 3.05) is 18.8 Å². The monoisotopic (exact) mass is 260 g/mol. The van der Waals surface area contributed by atoms with Gasteiger partial charge in [0.15, 0.2) is 0 Å². The first kappa shape index (κ1) is 12.9. The maximum atomic E-state index is 5.79. The summed E-state index contributed by atoms with van der Waals surface area (Å²) < 4.78 is 0. The molecule has 4 heteroatoms. The van der Waals surface area contributed by atoms with E-state index in [4.69, 9.17) is 5.73 Å². The maximum absolute atomic E-state index is 5.79. The molecule has 0 radical (unpaired) electrons. The SMILES string of the molecule is CCCN1CCC[C@@H]2Cc3nc(N)nc(C)c3C[C@H]21. The topological polar surface area (TPSA) is 55.0 Å². The van der Waals surface area contributed by atoms with Gasteiger partial charge in [-0.05, 0) is 63.6 Å². The zero-order valence-corrected chi connectivity index (χ0v) is 12.0. The number of likely N-dealkylation sites (tertiary alicyclic amines) is 1. The minimum atomic E-state index is 0.441. The van der Waals surface area contributed by atoms with Crippen molar-refractivity contribution in [3.05, 3.63) is 17.0 Å². The van der Waals surface area contributed by atoms with E-state index in [1.807, 2.05) is 0 Å². The molecule has 1 aliphatic heterocycles. The van der Waals surface area contributed by atoms with Gasteiger partial charge in [-0.25, -0.2) is 9.97 Å². The number of rotatable bonds is 2. The molecule has 0 amide bonds. The summed E-state index contributed by atoms with van der Waals surface area (Å²) in [5, 5.41) is 0. The van der Waals surface area contributed by atoms with Gasteiger partial charge in [0.05, 0.1) is 0 Å². The van der Waals surface area contributed by atoms with E-state index in [0.717, 1.165) is 24.5 Å². The Kier molecular flexibility index (Phi) is 3.44. The van der Waals surface area contributed by atoms with Crippen LogP contribution in [0, 0.1) is 12.8 Å². The van der Waals surface area contributed by atoms with Gasteiger partial charge in [-0.2, -0.15) is 0 Å². The highest BCUT2D eigenvalue weighted by Crippen LogP contribution is 2.35. The Morgan fingerprint density at radius 1 is 1.32 bits per heavy atom. The number of anilines is 1. The second-order valence-electron chi connectivity index (χ2n) is 6.01. The van der Waals surface area contributed by atoms with E-state index in [0.29, 0.717) is 12.0 Å². The molecule has 0 saturated carbocycles. The molecule has 1 aromatic heterocycles. The lowest BCUT2D eigenvalue weighted by Gasteiger charge is -2.44. The Hall–Kier alpha value is -1.16. The van der Waals surface area contributed by atoms with Gasteiger partial charge in [-0.15, -0.1) is 0 Å². The summed E-state index contributed by atoms with van der Waals surface area (Å²) in [5.74, 6) is 1.21. The molecule has 2 aliphatic rings. The van der Waals surface area contributed by atoms with Crippen LogP contribution in [-0.4, -0.2) is 34.0 Å². The molecule has 104 valence electrons. The highest BCUT2D eigenvalue weighted by atomic mass is 15.2. The molecule has 1 saturated heterocycles. The molecule has 19 heavy (non-hydrogen) atoms. The van der Waals surface area contributed by atoms with Crippen molar-refractivity contribution in [1.29, 1.82) is 0 Å². The highest BCUT2D eigenvalue weighted by Gasteiger charge is 2.36. The lowest BCUT2D eigenvalue weighted by atomic mass is 9.76. The Morgan fingerprint density at radius 2 is 2.16 bits per heavy atom. The minimum absolute atomic E-state index is 0.441. The van der Waals surface area contributed by atoms with Crippen molar-refractivity contribution < 1.29 is 0 Å². The van der Waals surface area contributed by atoms with E-state index >= 15 is 0 Å². The molecular weight excluding hydrogens is 236 g/mol. The first-order valence-electron chi connectivity index (χ1n) is 7.55. The normalized spacial score (nSPS) is 26.8. The summed E-state index contributed by atoms with van der Waals surface area (Å²) in [5.41, 5.74) is 9.45. The van der Waals surface area contributed by atoms with Crippen LogP contribution >= 0.6 is 0 Å². The standard InChI is InChI=1S/C15H24N4/c1-3-6-19-7-4-5-11-8-13-12(9-14(11)19)10(2)17-15(16)18-13/h11,14H,3-9H2,1-2H3,(H2,16,17,18)/t11-,14-/m1/s1. The zero-order valence-electron chi connectivity index (χ0n) is 12.0. The second-order valence-corrected chi connectivity index (χ2v) is 6.01. The van der Waals surface area contributed by atoms with Crippen LogP contribution < -0.4 is 5.73 Å². The van der Waals surface area contributed by atoms with E-state index in [2.05, 4.69) is 28.7 Å². The molecule has 0 unspecified atom stereocenters. The number of piperidine rings is 1. The highest BCUT2D eigenvalue weighted by molar-refractivity contribution is 5.34. The van der Waals surface area contributed by atoms with Gasteiger partial charge in [-0.3, -0.25) is 4.90 Å². The number of nitrogen functional groups attached to an aromatic ring is 1. The molecule has 1 aliphatic carbocycles. The molecule has 2 atom stereocenters. The van der Waals surface area contributed by atoms with Crippen molar-refractivity contribution >= 4 is 5.95 Å². The molecule has 4 nitrogen and oxygen atoms in total. The summed E-state index contributed by atoms with van der Waals surface area (Å²) in [6.07, 6.45) is 6.12. The van der Waals surface area contributed by atoms with Crippen molar-refractivity contribution in [2.24, 2.45) is 5.92 Å². The molecule has 1 fully saturated rings. The van der Waals surface area contributed by atoms with E-state index in [9.17, 15) is 0 Å². The number of hydrogen-bond acceptors (Lipinski definition) is 4. The molecule has 0 spiro atoms. The largest absolute Gasteiger partial charge is 0.368 e. The van der Waals surface area contributed by atoms with Crippen LogP contribution in [0.15, 0.2) is 0 Å². The third-order valence-electron chi connectivity index (χ3n) is 4.73. The summed E-state index contributed by atoms with van der Waals surface area (Å²) in [4.78, 5) is 11.5. The number of aryl methyl sites for hydroxylation is 1. The Morgan fingerprint density at radius 3 is 2.95 bits per heavy atom.